The Bertz CT molecular complexity index is 1360. The number of anilines is 2. The summed E-state index contributed by atoms with van der Waals surface area (Å²) in [5, 5.41) is 10.5. The van der Waals surface area contributed by atoms with E-state index in [1.165, 1.54) is 37.1 Å². The number of aromatic nitrogens is 2. The third-order valence-electron chi connectivity index (χ3n) is 6.96. The van der Waals surface area contributed by atoms with Gasteiger partial charge in [0, 0.05) is 30.4 Å². The Kier molecular flexibility index (Phi) is 7.10. The second-order valence-electron chi connectivity index (χ2n) is 9.34. The molecule has 0 spiro atoms. The summed E-state index contributed by atoms with van der Waals surface area (Å²) >= 11 is 0. The first-order valence-electron chi connectivity index (χ1n) is 12.2. The van der Waals surface area contributed by atoms with Crippen molar-refractivity contribution in [3.8, 4) is 22.8 Å². The maximum Gasteiger partial charge on any atom is 0.471 e. The molecule has 0 aliphatic carbocycles. The molecular weight excluding hydrogens is 525 g/mol. The van der Waals surface area contributed by atoms with Crippen LogP contribution in [0.4, 0.5) is 33.5 Å². The number of fused-ring (bicyclic) bond motifs is 1. The molecule has 0 saturated carbocycles. The first-order valence-corrected chi connectivity index (χ1v) is 12.2. The molecule has 2 aliphatic heterocycles. The number of hydrogen-bond donors (Lipinski definition) is 2. The van der Waals surface area contributed by atoms with Crippen LogP contribution in [0.5, 0.6) is 11.5 Å². The van der Waals surface area contributed by atoms with Crippen molar-refractivity contribution in [3.05, 3.63) is 54.1 Å². The second kappa shape index (κ2) is 10.4. The van der Waals surface area contributed by atoms with Gasteiger partial charge in [-0.05, 0) is 36.2 Å². The molecule has 1 amide bonds. The average molecular weight is 552 g/mol. The van der Waals surface area contributed by atoms with Gasteiger partial charge in [-0.1, -0.05) is 18.2 Å². The zero-order chi connectivity index (χ0) is 27.9. The number of benzene rings is 2. The zero-order valence-corrected chi connectivity index (χ0v) is 21.0. The van der Waals surface area contributed by atoms with E-state index in [0.29, 0.717) is 28.4 Å². The second-order valence-corrected chi connectivity index (χ2v) is 9.34. The summed E-state index contributed by atoms with van der Waals surface area (Å²) in [4.78, 5) is 12.9. The number of alkyl halides is 5. The predicted octanol–water partition coefficient (Wildman–Crippen LogP) is 4.80. The number of carbonyl (C=O) groups is 1. The van der Waals surface area contributed by atoms with Crippen LogP contribution in [0.15, 0.2) is 48.5 Å². The van der Waals surface area contributed by atoms with Gasteiger partial charge in [0.15, 0.2) is 11.5 Å². The molecular formula is C26H26F5N5O3. The molecule has 3 heterocycles. The fourth-order valence-electron chi connectivity index (χ4n) is 4.88. The van der Waals surface area contributed by atoms with Gasteiger partial charge < -0.3 is 20.1 Å². The van der Waals surface area contributed by atoms with Crippen molar-refractivity contribution in [1.29, 1.82) is 0 Å². The van der Waals surface area contributed by atoms with Gasteiger partial charge in [0.05, 0.1) is 32.0 Å². The monoisotopic (exact) mass is 551 g/mol. The Morgan fingerprint density at radius 3 is 2.44 bits per heavy atom. The van der Waals surface area contributed by atoms with Gasteiger partial charge in [0.1, 0.15) is 11.9 Å². The van der Waals surface area contributed by atoms with Gasteiger partial charge in [-0.3, -0.25) is 9.69 Å². The highest BCUT2D eigenvalue weighted by Crippen LogP contribution is 2.42. The Morgan fingerprint density at radius 2 is 1.82 bits per heavy atom. The molecule has 13 heteroatoms. The van der Waals surface area contributed by atoms with Crippen LogP contribution < -0.4 is 25.0 Å². The summed E-state index contributed by atoms with van der Waals surface area (Å²) in [6, 6.07) is 10.3. The van der Waals surface area contributed by atoms with Crippen LogP contribution >= 0.6 is 0 Å². The molecule has 2 unspecified atom stereocenters. The van der Waals surface area contributed by atoms with E-state index in [2.05, 4.69) is 15.7 Å². The smallest absolute Gasteiger partial charge is 0.471 e. The number of amides is 1. The molecule has 5 rings (SSSR count). The third kappa shape index (κ3) is 5.10. The minimum absolute atomic E-state index is 0.0316. The molecule has 8 nitrogen and oxygen atoms in total. The van der Waals surface area contributed by atoms with E-state index in [1.807, 2.05) is 0 Å². The topological polar surface area (TPSA) is 80.7 Å². The number of hydrogen-bond acceptors (Lipinski definition) is 6. The maximum atomic E-state index is 14.2. The van der Waals surface area contributed by atoms with E-state index < -0.39 is 36.6 Å². The Balaban J connectivity index is 1.48. The molecule has 2 N–H and O–H groups in total. The van der Waals surface area contributed by atoms with Crippen molar-refractivity contribution >= 4 is 17.4 Å². The molecule has 2 atom stereocenters. The number of carbonyl (C=O) groups excluding carboxylic acids is 1. The highest BCUT2D eigenvalue weighted by Gasteiger charge is 2.46. The third-order valence-corrected chi connectivity index (χ3v) is 6.96. The van der Waals surface area contributed by atoms with E-state index in [4.69, 9.17) is 9.47 Å². The normalized spacial score (nSPS) is 19.2. The summed E-state index contributed by atoms with van der Waals surface area (Å²) < 4.78 is 80.2. The van der Waals surface area contributed by atoms with E-state index in [0.717, 1.165) is 4.90 Å². The van der Waals surface area contributed by atoms with E-state index in [-0.39, 0.29) is 30.9 Å². The van der Waals surface area contributed by atoms with Crippen LogP contribution in [0.25, 0.3) is 11.3 Å². The number of halogens is 5. The molecule has 3 aromatic rings. The lowest BCUT2D eigenvalue weighted by molar-refractivity contribution is -0.171. The highest BCUT2D eigenvalue weighted by molar-refractivity contribution is 5.98. The minimum Gasteiger partial charge on any atom is -0.493 e. The lowest BCUT2D eigenvalue weighted by atomic mass is 9.97. The summed E-state index contributed by atoms with van der Waals surface area (Å²) in [7, 11) is 2.98. The van der Waals surface area contributed by atoms with Crippen molar-refractivity contribution in [1.82, 2.24) is 15.1 Å². The van der Waals surface area contributed by atoms with Crippen LogP contribution in [0, 0.1) is 0 Å². The van der Waals surface area contributed by atoms with Crippen molar-refractivity contribution in [3.63, 3.8) is 0 Å². The van der Waals surface area contributed by atoms with Gasteiger partial charge in [-0.2, -0.15) is 18.3 Å². The van der Waals surface area contributed by atoms with Gasteiger partial charge in [0.2, 0.25) is 0 Å². The first kappa shape index (κ1) is 26.7. The van der Waals surface area contributed by atoms with Crippen LogP contribution in [0.2, 0.25) is 0 Å². The van der Waals surface area contributed by atoms with E-state index >= 15 is 0 Å². The predicted molar refractivity (Wildman–Crippen MR) is 133 cm³/mol. The summed E-state index contributed by atoms with van der Waals surface area (Å²) in [5.74, 6) is -0.669. The van der Waals surface area contributed by atoms with Crippen molar-refractivity contribution in [2.45, 2.75) is 37.1 Å². The fourth-order valence-corrected chi connectivity index (χ4v) is 4.88. The lowest BCUT2D eigenvalue weighted by Gasteiger charge is -2.38. The quantitative estimate of drug-likeness (QED) is 0.411. The molecule has 0 bridgehead atoms. The number of nitrogens with one attached hydrogen (secondary N) is 2. The maximum absolute atomic E-state index is 14.2. The highest BCUT2D eigenvalue weighted by atomic mass is 19.4. The number of nitrogens with zero attached hydrogens (tertiary/aromatic N) is 3. The van der Waals surface area contributed by atoms with Crippen LogP contribution in [-0.4, -0.2) is 61.6 Å². The molecule has 1 saturated heterocycles. The van der Waals surface area contributed by atoms with Crippen LogP contribution in [0.1, 0.15) is 24.1 Å². The van der Waals surface area contributed by atoms with Gasteiger partial charge in [-0.25, -0.2) is 13.5 Å². The van der Waals surface area contributed by atoms with E-state index in [9.17, 15) is 26.7 Å². The molecule has 1 fully saturated rings. The average Bonchev–Trinajstić information content (AvgIpc) is 3.33. The number of methoxy groups -OCH3 is 2. The molecule has 2 aromatic carbocycles. The zero-order valence-electron chi connectivity index (χ0n) is 21.0. The SMILES string of the molecule is COc1ccc(C2CC(C(F)F)n3nc(-c4cccc(N(C(=O)C(F)(F)F)C5CNC5)c4)cc3N2)cc1OC. The molecule has 1 aromatic heterocycles. The van der Waals surface area contributed by atoms with Crippen molar-refractivity contribution in [2.24, 2.45) is 0 Å². The standard InChI is InChI=1S/C26H26F5N5O3/c1-38-21-7-6-15(9-22(21)39-2)18-10-20(24(27)28)36-23(33-18)11-19(34-36)14-4-3-5-16(8-14)35(17-12-32-13-17)25(37)26(29,30)31/h3-9,11,17-18,20,24,32-33H,10,12-13H2,1-2H3. The van der Waals surface area contributed by atoms with Gasteiger partial charge >= 0.3 is 12.1 Å². The largest absolute Gasteiger partial charge is 0.493 e. The van der Waals surface area contributed by atoms with Crippen LogP contribution in [-0.2, 0) is 4.79 Å². The number of rotatable bonds is 7. The Hall–Kier alpha value is -3.87. The first-order chi connectivity index (χ1) is 18.6. The minimum atomic E-state index is -5.05. The molecule has 2 aliphatic rings. The van der Waals surface area contributed by atoms with Crippen LogP contribution in [0.3, 0.4) is 0 Å². The Morgan fingerprint density at radius 1 is 1.08 bits per heavy atom. The Labute approximate surface area is 220 Å². The summed E-state index contributed by atoms with van der Waals surface area (Å²) in [5.41, 5.74) is 1.43. The van der Waals surface area contributed by atoms with Crippen molar-refractivity contribution < 1.29 is 36.2 Å². The number of ether oxygens (including phenoxy) is 2. The van der Waals surface area contributed by atoms with E-state index in [1.54, 1.807) is 30.3 Å². The van der Waals surface area contributed by atoms with Gasteiger partial charge in [-0.15, -0.1) is 0 Å². The summed E-state index contributed by atoms with van der Waals surface area (Å²) in [6.45, 7) is 0.449. The fraction of sp³-hybridized carbons (Fsp3) is 0.385. The lowest BCUT2D eigenvalue weighted by Crippen LogP contribution is -2.61. The molecule has 0 radical (unpaired) electrons. The molecule has 39 heavy (non-hydrogen) atoms. The molecule has 208 valence electrons. The van der Waals surface area contributed by atoms with Crippen molar-refractivity contribution in [2.75, 3.05) is 37.5 Å². The van der Waals surface area contributed by atoms with Gasteiger partial charge in [0.25, 0.3) is 6.43 Å². The summed E-state index contributed by atoms with van der Waals surface area (Å²) in [6.07, 6.45) is -7.74.